The molecule has 0 bridgehead atoms. The van der Waals surface area contributed by atoms with E-state index in [4.69, 9.17) is 14.7 Å². The van der Waals surface area contributed by atoms with E-state index in [1.807, 2.05) is 0 Å². The van der Waals surface area contributed by atoms with Gasteiger partial charge in [-0.1, -0.05) is 0 Å². The average Bonchev–Trinajstić information content (AvgIpc) is 2.64. The minimum absolute atomic E-state index is 0.0858. The highest BCUT2D eigenvalue weighted by Crippen LogP contribution is 2.15. The Hall–Kier alpha value is -2.21. The molecule has 2 saturated heterocycles. The normalized spacial score (nSPS) is 21.6. The monoisotopic (exact) mass is 348 g/mol. The average molecular weight is 348 g/mol. The molecule has 0 saturated carbocycles. The van der Waals surface area contributed by atoms with E-state index in [0.29, 0.717) is 38.6 Å². The van der Waals surface area contributed by atoms with Gasteiger partial charge in [0.15, 0.2) is 0 Å². The summed E-state index contributed by atoms with van der Waals surface area (Å²) < 4.78 is 24.4. The number of urea groups is 1. The molecule has 2 aliphatic rings. The minimum Gasteiger partial charge on any atom is -0.376 e. The van der Waals surface area contributed by atoms with Gasteiger partial charge < -0.3 is 19.7 Å². The lowest BCUT2D eigenvalue weighted by Gasteiger charge is -2.37. The largest absolute Gasteiger partial charge is 0.376 e. The second kappa shape index (κ2) is 8.25. The molecule has 1 aromatic carbocycles. The summed E-state index contributed by atoms with van der Waals surface area (Å²) in [7, 11) is 0. The molecule has 134 valence electrons. The summed E-state index contributed by atoms with van der Waals surface area (Å²) >= 11 is 0. The lowest BCUT2D eigenvalue weighted by atomic mass is 10.2. The summed E-state index contributed by atoms with van der Waals surface area (Å²) in [5, 5.41) is 11.6. The lowest BCUT2D eigenvalue weighted by Crippen LogP contribution is -2.52. The number of hydrogen-bond donors (Lipinski definition) is 1. The van der Waals surface area contributed by atoms with Crippen molar-refractivity contribution in [3.8, 4) is 6.07 Å². The van der Waals surface area contributed by atoms with Crippen LogP contribution in [0.2, 0.25) is 0 Å². The molecule has 0 spiro atoms. The van der Waals surface area contributed by atoms with E-state index in [1.165, 1.54) is 18.2 Å². The molecule has 2 aliphatic heterocycles. The van der Waals surface area contributed by atoms with Gasteiger partial charge >= 0.3 is 6.03 Å². The first-order chi connectivity index (χ1) is 12.2. The SMILES string of the molecule is N#Cc1cc(NC(=O)N2CCN(C[C@H]3COCCO3)CC2)ccc1F. The summed E-state index contributed by atoms with van der Waals surface area (Å²) in [5.74, 6) is -0.594. The summed E-state index contributed by atoms with van der Waals surface area (Å²) in [5.41, 5.74) is 0.329. The topological polar surface area (TPSA) is 77.8 Å². The first-order valence-electron chi connectivity index (χ1n) is 8.33. The highest BCUT2D eigenvalue weighted by Gasteiger charge is 2.24. The van der Waals surface area contributed by atoms with Crippen molar-refractivity contribution >= 4 is 11.7 Å². The standard InChI is InChI=1S/C17H21FN4O3/c18-16-2-1-14(9-13(16)10-19)20-17(23)22-5-3-21(4-6-22)11-15-12-24-7-8-25-15/h1-2,9,15H,3-8,11-12H2,(H,20,23)/t15-/m0/s1. The highest BCUT2D eigenvalue weighted by molar-refractivity contribution is 5.89. The third kappa shape index (κ3) is 4.66. The van der Waals surface area contributed by atoms with Crippen molar-refractivity contribution < 1.29 is 18.7 Å². The van der Waals surface area contributed by atoms with Gasteiger partial charge in [-0.2, -0.15) is 5.26 Å². The van der Waals surface area contributed by atoms with E-state index >= 15 is 0 Å². The highest BCUT2D eigenvalue weighted by atomic mass is 19.1. The molecule has 0 aromatic heterocycles. The van der Waals surface area contributed by atoms with Crippen LogP contribution in [-0.4, -0.2) is 74.5 Å². The van der Waals surface area contributed by atoms with Crippen molar-refractivity contribution in [2.45, 2.75) is 6.10 Å². The van der Waals surface area contributed by atoms with Crippen LogP contribution >= 0.6 is 0 Å². The Morgan fingerprint density at radius 2 is 2.12 bits per heavy atom. The smallest absolute Gasteiger partial charge is 0.321 e. The van der Waals surface area contributed by atoms with Crippen LogP contribution in [0.4, 0.5) is 14.9 Å². The van der Waals surface area contributed by atoms with Crippen LogP contribution in [-0.2, 0) is 9.47 Å². The van der Waals surface area contributed by atoms with Crippen LogP contribution in [0.1, 0.15) is 5.56 Å². The van der Waals surface area contributed by atoms with Crippen LogP contribution in [0.25, 0.3) is 0 Å². The van der Waals surface area contributed by atoms with E-state index < -0.39 is 5.82 Å². The number of nitriles is 1. The van der Waals surface area contributed by atoms with Gasteiger partial charge in [0.05, 0.1) is 31.5 Å². The molecule has 25 heavy (non-hydrogen) atoms. The number of carbonyl (C=O) groups is 1. The summed E-state index contributed by atoms with van der Waals surface area (Å²) in [6.45, 7) is 5.44. The first kappa shape index (κ1) is 17.6. The number of ether oxygens (including phenoxy) is 2. The molecule has 2 heterocycles. The first-order valence-corrected chi connectivity index (χ1v) is 8.33. The fourth-order valence-corrected chi connectivity index (χ4v) is 2.95. The number of rotatable bonds is 3. The summed E-state index contributed by atoms with van der Waals surface area (Å²) in [6.07, 6.45) is 0.0951. The van der Waals surface area contributed by atoms with Crippen LogP contribution in [0.3, 0.4) is 0 Å². The maximum absolute atomic E-state index is 13.3. The zero-order valence-corrected chi connectivity index (χ0v) is 13.9. The third-order valence-corrected chi connectivity index (χ3v) is 4.34. The van der Waals surface area contributed by atoms with Gasteiger partial charge in [-0.15, -0.1) is 0 Å². The number of nitrogens with zero attached hydrogens (tertiary/aromatic N) is 3. The van der Waals surface area contributed by atoms with Crippen molar-refractivity contribution in [3.63, 3.8) is 0 Å². The molecule has 7 nitrogen and oxygen atoms in total. The van der Waals surface area contributed by atoms with E-state index in [9.17, 15) is 9.18 Å². The van der Waals surface area contributed by atoms with Gasteiger partial charge in [-0.05, 0) is 18.2 Å². The van der Waals surface area contributed by atoms with Crippen molar-refractivity contribution in [1.82, 2.24) is 9.80 Å². The van der Waals surface area contributed by atoms with E-state index in [0.717, 1.165) is 19.6 Å². The Kier molecular flexibility index (Phi) is 5.81. The number of hydrogen-bond acceptors (Lipinski definition) is 5. The quantitative estimate of drug-likeness (QED) is 0.890. The predicted molar refractivity (Wildman–Crippen MR) is 88.7 cm³/mol. The second-order valence-corrected chi connectivity index (χ2v) is 6.09. The van der Waals surface area contributed by atoms with Gasteiger partial charge in [0.1, 0.15) is 11.9 Å². The molecular weight excluding hydrogens is 327 g/mol. The number of amides is 2. The Labute approximate surface area is 145 Å². The van der Waals surface area contributed by atoms with Crippen molar-refractivity contribution in [3.05, 3.63) is 29.6 Å². The number of anilines is 1. The molecular formula is C17H21FN4O3. The van der Waals surface area contributed by atoms with Gasteiger partial charge in [0, 0.05) is 38.4 Å². The molecule has 0 aliphatic carbocycles. The van der Waals surface area contributed by atoms with Crippen LogP contribution in [0, 0.1) is 17.1 Å². The van der Waals surface area contributed by atoms with Crippen molar-refractivity contribution in [2.75, 3.05) is 57.9 Å². The molecule has 1 aromatic rings. The number of halogens is 1. The van der Waals surface area contributed by atoms with Gasteiger partial charge in [-0.25, -0.2) is 9.18 Å². The zero-order chi connectivity index (χ0) is 17.6. The van der Waals surface area contributed by atoms with Crippen LogP contribution < -0.4 is 5.32 Å². The van der Waals surface area contributed by atoms with E-state index in [-0.39, 0.29) is 17.7 Å². The Bertz CT molecular complexity index is 650. The van der Waals surface area contributed by atoms with Crippen molar-refractivity contribution in [2.24, 2.45) is 0 Å². The number of benzene rings is 1. The minimum atomic E-state index is -0.594. The number of carbonyl (C=O) groups excluding carboxylic acids is 1. The Morgan fingerprint density at radius 3 is 2.80 bits per heavy atom. The Morgan fingerprint density at radius 1 is 1.32 bits per heavy atom. The van der Waals surface area contributed by atoms with Crippen LogP contribution in [0.5, 0.6) is 0 Å². The Balaban J connectivity index is 1.47. The summed E-state index contributed by atoms with van der Waals surface area (Å²) in [4.78, 5) is 16.3. The number of piperazine rings is 1. The molecule has 2 amide bonds. The molecule has 1 atom stereocenters. The molecule has 8 heteroatoms. The zero-order valence-electron chi connectivity index (χ0n) is 13.9. The van der Waals surface area contributed by atoms with E-state index in [1.54, 1.807) is 11.0 Å². The maximum atomic E-state index is 13.3. The van der Waals surface area contributed by atoms with Gasteiger partial charge in [0.2, 0.25) is 0 Å². The molecule has 3 rings (SSSR count). The lowest BCUT2D eigenvalue weighted by molar-refractivity contribution is -0.0992. The van der Waals surface area contributed by atoms with Crippen LogP contribution in [0.15, 0.2) is 18.2 Å². The van der Waals surface area contributed by atoms with Gasteiger partial charge in [-0.3, -0.25) is 4.90 Å². The third-order valence-electron chi connectivity index (χ3n) is 4.34. The summed E-state index contributed by atoms with van der Waals surface area (Å²) in [6, 6.07) is 5.49. The molecule has 0 unspecified atom stereocenters. The molecule has 2 fully saturated rings. The maximum Gasteiger partial charge on any atom is 0.321 e. The van der Waals surface area contributed by atoms with Gasteiger partial charge in [0.25, 0.3) is 0 Å². The predicted octanol–water partition coefficient (Wildman–Crippen LogP) is 1.26. The molecule has 1 N–H and O–H groups in total. The van der Waals surface area contributed by atoms with Crippen molar-refractivity contribution in [1.29, 1.82) is 5.26 Å². The molecule has 0 radical (unpaired) electrons. The fraction of sp³-hybridized carbons (Fsp3) is 0.529. The number of nitrogens with one attached hydrogen (secondary N) is 1. The fourth-order valence-electron chi connectivity index (χ4n) is 2.95. The van der Waals surface area contributed by atoms with E-state index in [2.05, 4.69) is 10.2 Å². The second-order valence-electron chi connectivity index (χ2n) is 6.09.